The summed E-state index contributed by atoms with van der Waals surface area (Å²) in [5.41, 5.74) is 1.89. The Morgan fingerprint density at radius 2 is 2.00 bits per heavy atom. The molecule has 7 heteroatoms. The Hall–Kier alpha value is -2.15. The average molecular weight is 343 g/mol. The van der Waals surface area contributed by atoms with Crippen LogP contribution in [0.2, 0.25) is 0 Å². The fraction of sp³-hybridized carbons (Fsp3) is 0.412. The van der Waals surface area contributed by atoms with E-state index in [0.717, 1.165) is 30.5 Å². The third-order valence-corrected chi connectivity index (χ3v) is 4.59. The molecular formula is C17H21N5OS. The van der Waals surface area contributed by atoms with Crippen LogP contribution in [-0.4, -0.2) is 45.0 Å². The third-order valence-electron chi connectivity index (χ3n) is 4.04. The van der Waals surface area contributed by atoms with E-state index in [1.807, 2.05) is 24.5 Å². The summed E-state index contributed by atoms with van der Waals surface area (Å²) in [6, 6.07) is 6.28. The number of thioether (sulfide) groups is 1. The Kier molecular flexibility index (Phi) is 5.63. The Balaban J connectivity index is 1.58. The topological polar surface area (TPSA) is 79.8 Å². The lowest BCUT2D eigenvalue weighted by Gasteiger charge is -2.15. The minimum atomic E-state index is 0.115. The summed E-state index contributed by atoms with van der Waals surface area (Å²) in [6.07, 6.45) is 10.1. The van der Waals surface area contributed by atoms with Gasteiger partial charge in [-0.15, -0.1) is 0 Å². The molecule has 0 aromatic carbocycles. The first-order valence-corrected chi connectivity index (χ1v) is 9.42. The van der Waals surface area contributed by atoms with E-state index >= 15 is 0 Å². The number of nitrogens with one attached hydrogen (secondary N) is 2. The molecule has 3 rings (SSSR count). The third kappa shape index (κ3) is 4.44. The number of aromatic nitrogens is 3. The van der Waals surface area contributed by atoms with Gasteiger partial charge in [0.1, 0.15) is 0 Å². The van der Waals surface area contributed by atoms with Gasteiger partial charge < -0.3 is 10.6 Å². The van der Waals surface area contributed by atoms with Crippen LogP contribution in [0.4, 0.5) is 5.95 Å². The standard InChI is InChI=1S/C17H21N5OS/c1-24-11-16(23)20-13-2-3-14(10-13)21-17-19-9-6-15(22-17)12-4-7-18-8-5-12/h4-9,13-14H,2-3,10-11H2,1H3,(H,20,23)(H,19,21,22)/t13-,14-/m0/s1. The van der Waals surface area contributed by atoms with Gasteiger partial charge in [0.05, 0.1) is 11.4 Å². The van der Waals surface area contributed by atoms with E-state index in [4.69, 9.17) is 0 Å². The quantitative estimate of drug-likeness (QED) is 0.838. The van der Waals surface area contributed by atoms with E-state index in [1.54, 1.807) is 30.4 Å². The maximum Gasteiger partial charge on any atom is 0.230 e. The lowest BCUT2D eigenvalue weighted by molar-refractivity contribution is -0.119. The molecule has 0 spiro atoms. The second-order valence-corrected chi connectivity index (χ2v) is 6.72. The Labute approximate surface area is 145 Å². The van der Waals surface area contributed by atoms with Gasteiger partial charge in [-0.3, -0.25) is 9.78 Å². The van der Waals surface area contributed by atoms with E-state index in [2.05, 4.69) is 25.6 Å². The molecule has 0 radical (unpaired) electrons. The highest BCUT2D eigenvalue weighted by Crippen LogP contribution is 2.23. The van der Waals surface area contributed by atoms with Gasteiger partial charge in [-0.2, -0.15) is 11.8 Å². The second-order valence-electron chi connectivity index (χ2n) is 5.85. The van der Waals surface area contributed by atoms with Crippen molar-refractivity contribution in [2.75, 3.05) is 17.3 Å². The molecule has 1 amide bonds. The number of carbonyl (C=O) groups excluding carboxylic acids is 1. The largest absolute Gasteiger partial charge is 0.353 e. The van der Waals surface area contributed by atoms with Crippen LogP contribution < -0.4 is 10.6 Å². The number of rotatable bonds is 6. The van der Waals surface area contributed by atoms with Crippen molar-refractivity contribution in [3.05, 3.63) is 36.8 Å². The van der Waals surface area contributed by atoms with Crippen molar-refractivity contribution < 1.29 is 4.79 Å². The van der Waals surface area contributed by atoms with Crippen LogP contribution in [0.1, 0.15) is 19.3 Å². The molecule has 6 nitrogen and oxygen atoms in total. The minimum Gasteiger partial charge on any atom is -0.353 e. The van der Waals surface area contributed by atoms with Crippen LogP contribution in [0.3, 0.4) is 0 Å². The van der Waals surface area contributed by atoms with Gasteiger partial charge in [-0.1, -0.05) is 0 Å². The summed E-state index contributed by atoms with van der Waals surface area (Å²) >= 11 is 1.54. The lowest BCUT2D eigenvalue weighted by atomic mass is 10.2. The van der Waals surface area contributed by atoms with Crippen LogP contribution in [0.25, 0.3) is 11.3 Å². The first kappa shape index (κ1) is 16.7. The van der Waals surface area contributed by atoms with Crippen LogP contribution in [0.5, 0.6) is 0 Å². The maximum atomic E-state index is 11.7. The molecule has 1 saturated carbocycles. The van der Waals surface area contributed by atoms with E-state index in [1.165, 1.54) is 0 Å². The molecule has 1 aliphatic carbocycles. The van der Waals surface area contributed by atoms with Crippen LogP contribution in [-0.2, 0) is 4.79 Å². The molecule has 0 saturated heterocycles. The SMILES string of the molecule is CSCC(=O)N[C@H]1CC[C@H](Nc2nccc(-c3ccncc3)n2)C1. The number of anilines is 1. The lowest BCUT2D eigenvalue weighted by Crippen LogP contribution is -2.35. The van der Waals surface area contributed by atoms with E-state index in [9.17, 15) is 4.79 Å². The average Bonchev–Trinajstić information content (AvgIpc) is 3.03. The van der Waals surface area contributed by atoms with E-state index in [-0.39, 0.29) is 18.0 Å². The highest BCUT2D eigenvalue weighted by molar-refractivity contribution is 7.99. The highest BCUT2D eigenvalue weighted by atomic mass is 32.2. The van der Waals surface area contributed by atoms with Gasteiger partial charge in [0.15, 0.2) is 0 Å². The molecule has 126 valence electrons. The van der Waals surface area contributed by atoms with Crippen molar-refractivity contribution in [3.63, 3.8) is 0 Å². The number of hydrogen-bond donors (Lipinski definition) is 2. The molecule has 2 aromatic rings. The zero-order valence-electron chi connectivity index (χ0n) is 13.6. The van der Waals surface area contributed by atoms with Gasteiger partial charge in [0.2, 0.25) is 11.9 Å². The smallest absolute Gasteiger partial charge is 0.230 e. The second kappa shape index (κ2) is 8.10. The number of nitrogens with zero attached hydrogens (tertiary/aromatic N) is 3. The predicted octanol–water partition coefficient (Wildman–Crippen LogP) is 2.35. The van der Waals surface area contributed by atoms with E-state index < -0.39 is 0 Å². The Morgan fingerprint density at radius 3 is 2.79 bits per heavy atom. The number of hydrogen-bond acceptors (Lipinski definition) is 6. The molecule has 0 aliphatic heterocycles. The summed E-state index contributed by atoms with van der Waals surface area (Å²) in [4.78, 5) is 24.6. The summed E-state index contributed by atoms with van der Waals surface area (Å²) in [6.45, 7) is 0. The van der Waals surface area contributed by atoms with Crippen molar-refractivity contribution in [2.45, 2.75) is 31.3 Å². The van der Waals surface area contributed by atoms with Crippen LogP contribution in [0.15, 0.2) is 36.8 Å². The van der Waals surface area contributed by atoms with Crippen molar-refractivity contribution in [1.29, 1.82) is 0 Å². The Morgan fingerprint density at radius 1 is 1.21 bits per heavy atom. The molecule has 2 heterocycles. The molecule has 1 fully saturated rings. The molecule has 2 atom stereocenters. The number of carbonyl (C=O) groups is 1. The van der Waals surface area contributed by atoms with Crippen molar-refractivity contribution >= 4 is 23.6 Å². The number of pyridine rings is 1. The summed E-state index contributed by atoms with van der Waals surface area (Å²) in [5.74, 6) is 1.26. The van der Waals surface area contributed by atoms with Gasteiger partial charge >= 0.3 is 0 Å². The zero-order chi connectivity index (χ0) is 16.8. The maximum absolute atomic E-state index is 11.7. The minimum absolute atomic E-state index is 0.115. The van der Waals surface area contributed by atoms with Gasteiger partial charge in [-0.25, -0.2) is 9.97 Å². The van der Waals surface area contributed by atoms with Gasteiger partial charge in [0, 0.05) is 36.2 Å². The molecule has 0 bridgehead atoms. The van der Waals surface area contributed by atoms with Crippen molar-refractivity contribution in [1.82, 2.24) is 20.3 Å². The van der Waals surface area contributed by atoms with Gasteiger partial charge in [0.25, 0.3) is 0 Å². The molecule has 2 N–H and O–H groups in total. The summed E-state index contributed by atoms with van der Waals surface area (Å²) in [7, 11) is 0. The first-order chi connectivity index (χ1) is 11.7. The molecule has 1 aliphatic rings. The predicted molar refractivity (Wildman–Crippen MR) is 96.8 cm³/mol. The molecular weight excluding hydrogens is 322 g/mol. The fourth-order valence-electron chi connectivity index (χ4n) is 2.94. The van der Waals surface area contributed by atoms with Crippen LogP contribution >= 0.6 is 11.8 Å². The summed E-state index contributed by atoms with van der Waals surface area (Å²) in [5, 5.41) is 6.48. The monoisotopic (exact) mass is 343 g/mol. The normalized spacial score (nSPS) is 19.9. The fourth-order valence-corrected chi connectivity index (χ4v) is 3.28. The molecule has 24 heavy (non-hydrogen) atoms. The van der Waals surface area contributed by atoms with E-state index in [0.29, 0.717) is 11.7 Å². The highest BCUT2D eigenvalue weighted by Gasteiger charge is 2.26. The summed E-state index contributed by atoms with van der Waals surface area (Å²) < 4.78 is 0. The van der Waals surface area contributed by atoms with Gasteiger partial charge in [-0.05, 0) is 43.7 Å². The number of amides is 1. The zero-order valence-corrected chi connectivity index (χ0v) is 14.4. The van der Waals surface area contributed by atoms with Crippen molar-refractivity contribution in [2.24, 2.45) is 0 Å². The van der Waals surface area contributed by atoms with Crippen LogP contribution in [0, 0.1) is 0 Å². The molecule has 2 aromatic heterocycles. The first-order valence-electron chi connectivity index (χ1n) is 8.03. The Bertz CT molecular complexity index is 682. The van der Waals surface area contributed by atoms with Crippen molar-refractivity contribution in [3.8, 4) is 11.3 Å². The molecule has 0 unspecified atom stereocenters.